The van der Waals surface area contributed by atoms with E-state index in [2.05, 4.69) is 24.2 Å². The lowest BCUT2D eigenvalue weighted by Crippen LogP contribution is -2.41. The van der Waals surface area contributed by atoms with Crippen molar-refractivity contribution in [2.24, 2.45) is 11.7 Å². The Bertz CT molecular complexity index is 374. The Morgan fingerprint density at radius 2 is 2.28 bits per heavy atom. The van der Waals surface area contributed by atoms with Crippen molar-refractivity contribution < 1.29 is 0 Å². The van der Waals surface area contributed by atoms with E-state index in [0.717, 1.165) is 18.0 Å². The number of aromatic nitrogens is 1. The highest BCUT2D eigenvalue weighted by Gasteiger charge is 2.30. The van der Waals surface area contributed by atoms with Crippen molar-refractivity contribution in [3.05, 3.63) is 16.1 Å². The summed E-state index contributed by atoms with van der Waals surface area (Å²) in [4.78, 5) is 4.57. The molecule has 3 heteroatoms. The second-order valence-corrected chi connectivity index (χ2v) is 6.95. The number of nitrogens with two attached hydrogens (primary N) is 1. The molecule has 2 nitrogen and oxygen atoms in total. The molecule has 1 fully saturated rings. The summed E-state index contributed by atoms with van der Waals surface area (Å²) in [5, 5.41) is 3.36. The topological polar surface area (TPSA) is 38.9 Å². The maximum Gasteiger partial charge on any atom is 0.0946 e. The lowest BCUT2D eigenvalue weighted by Gasteiger charge is -2.27. The summed E-state index contributed by atoms with van der Waals surface area (Å²) in [6, 6.07) is 0. The number of aryl methyl sites for hydroxylation is 1. The normalized spacial score (nSPS) is 29.2. The van der Waals surface area contributed by atoms with Crippen molar-refractivity contribution in [1.82, 2.24) is 4.98 Å². The van der Waals surface area contributed by atoms with Gasteiger partial charge in [-0.25, -0.2) is 4.98 Å². The maximum absolute atomic E-state index is 6.63. The first-order chi connectivity index (χ1) is 8.61. The van der Waals surface area contributed by atoms with E-state index < -0.39 is 0 Å². The molecule has 0 aliphatic heterocycles. The van der Waals surface area contributed by atoms with Crippen LogP contribution in [0.15, 0.2) is 5.38 Å². The number of hydrogen-bond acceptors (Lipinski definition) is 3. The van der Waals surface area contributed by atoms with E-state index in [9.17, 15) is 0 Å². The standard InChI is InChI=1S/C15H26N2S/c1-3-5-13-6-4-8-15(16,9-7-13)10-14-17-12(2)11-18-14/h11,13H,3-10,16H2,1-2H3. The molecule has 0 saturated heterocycles. The van der Waals surface area contributed by atoms with Crippen molar-refractivity contribution in [3.8, 4) is 0 Å². The molecule has 2 unspecified atom stereocenters. The molecule has 0 radical (unpaired) electrons. The summed E-state index contributed by atoms with van der Waals surface area (Å²) in [7, 11) is 0. The SMILES string of the molecule is CCCC1CCCC(N)(Cc2nc(C)cs2)CC1. The van der Waals surface area contributed by atoms with Crippen LogP contribution < -0.4 is 5.73 Å². The van der Waals surface area contributed by atoms with Gasteiger partial charge in [-0.1, -0.05) is 32.6 Å². The molecule has 2 atom stereocenters. The van der Waals surface area contributed by atoms with Gasteiger partial charge in [0.05, 0.1) is 5.01 Å². The Labute approximate surface area is 115 Å². The Kier molecular flexibility index (Phi) is 4.79. The molecule has 18 heavy (non-hydrogen) atoms. The average molecular weight is 266 g/mol. The molecule has 1 aromatic rings. The minimum Gasteiger partial charge on any atom is -0.325 e. The average Bonchev–Trinajstić information content (AvgIpc) is 2.62. The molecule has 0 amide bonds. The van der Waals surface area contributed by atoms with Crippen molar-refractivity contribution in [3.63, 3.8) is 0 Å². The van der Waals surface area contributed by atoms with Gasteiger partial charge in [-0.05, 0) is 32.1 Å². The molecule has 2 rings (SSSR count). The minimum absolute atomic E-state index is 0.00673. The fraction of sp³-hybridized carbons (Fsp3) is 0.800. The highest BCUT2D eigenvalue weighted by Crippen LogP contribution is 2.33. The van der Waals surface area contributed by atoms with Crippen LogP contribution in [0.2, 0.25) is 0 Å². The Morgan fingerprint density at radius 1 is 1.44 bits per heavy atom. The highest BCUT2D eigenvalue weighted by atomic mass is 32.1. The predicted octanol–water partition coefficient (Wildman–Crippen LogP) is 4.07. The van der Waals surface area contributed by atoms with Gasteiger partial charge >= 0.3 is 0 Å². The number of rotatable bonds is 4. The van der Waals surface area contributed by atoms with Gasteiger partial charge in [0.15, 0.2) is 0 Å². The van der Waals surface area contributed by atoms with Crippen molar-refractivity contribution in [1.29, 1.82) is 0 Å². The molecule has 1 aromatic heterocycles. The first-order valence-corrected chi connectivity index (χ1v) is 8.19. The van der Waals surface area contributed by atoms with Gasteiger partial charge in [-0.3, -0.25) is 0 Å². The van der Waals surface area contributed by atoms with Crippen molar-refractivity contribution in [2.75, 3.05) is 0 Å². The van der Waals surface area contributed by atoms with Crippen molar-refractivity contribution >= 4 is 11.3 Å². The first-order valence-electron chi connectivity index (χ1n) is 7.31. The molecule has 1 saturated carbocycles. The number of hydrogen-bond donors (Lipinski definition) is 1. The van der Waals surface area contributed by atoms with Gasteiger partial charge in [0.2, 0.25) is 0 Å². The molecular weight excluding hydrogens is 240 g/mol. The van der Waals surface area contributed by atoms with Crippen LogP contribution in [0.1, 0.15) is 62.6 Å². The number of nitrogens with zero attached hydrogens (tertiary/aromatic N) is 1. The van der Waals surface area contributed by atoms with Crippen molar-refractivity contribution in [2.45, 2.75) is 70.8 Å². The van der Waals surface area contributed by atoms with Crippen LogP contribution in [0.4, 0.5) is 0 Å². The third kappa shape index (κ3) is 3.79. The summed E-state index contributed by atoms with van der Waals surface area (Å²) in [5.74, 6) is 0.915. The smallest absolute Gasteiger partial charge is 0.0946 e. The lowest BCUT2D eigenvalue weighted by molar-refractivity contribution is 0.354. The van der Waals surface area contributed by atoms with Gasteiger partial charge < -0.3 is 5.73 Å². The predicted molar refractivity (Wildman–Crippen MR) is 79.0 cm³/mol. The van der Waals surface area contributed by atoms with Crippen LogP contribution in [-0.2, 0) is 6.42 Å². The van der Waals surface area contributed by atoms with E-state index in [-0.39, 0.29) is 5.54 Å². The molecule has 2 N–H and O–H groups in total. The Balaban J connectivity index is 1.94. The molecule has 1 aliphatic rings. The molecule has 0 spiro atoms. The molecule has 1 aliphatic carbocycles. The third-order valence-corrected chi connectivity index (χ3v) is 5.17. The van der Waals surface area contributed by atoms with E-state index in [0.29, 0.717) is 0 Å². The molecule has 0 bridgehead atoms. The van der Waals surface area contributed by atoms with Crippen LogP contribution in [0.5, 0.6) is 0 Å². The van der Waals surface area contributed by atoms with E-state index in [1.807, 2.05) is 0 Å². The second-order valence-electron chi connectivity index (χ2n) is 6.01. The molecule has 102 valence electrons. The van der Waals surface area contributed by atoms with E-state index in [1.54, 1.807) is 11.3 Å². The molecular formula is C15H26N2S. The summed E-state index contributed by atoms with van der Waals surface area (Å²) in [5.41, 5.74) is 7.77. The van der Waals surface area contributed by atoms with Crippen LogP contribution >= 0.6 is 11.3 Å². The van der Waals surface area contributed by atoms with Crippen LogP contribution in [-0.4, -0.2) is 10.5 Å². The quantitative estimate of drug-likeness (QED) is 0.834. The summed E-state index contributed by atoms with van der Waals surface area (Å²) >= 11 is 1.77. The van der Waals surface area contributed by atoms with E-state index >= 15 is 0 Å². The monoisotopic (exact) mass is 266 g/mol. The summed E-state index contributed by atoms with van der Waals surface area (Å²) in [6.07, 6.45) is 10.0. The zero-order valence-electron chi connectivity index (χ0n) is 11.7. The lowest BCUT2D eigenvalue weighted by atomic mass is 9.87. The fourth-order valence-electron chi connectivity index (χ4n) is 3.16. The van der Waals surface area contributed by atoms with Crippen LogP contribution in [0.25, 0.3) is 0 Å². The van der Waals surface area contributed by atoms with Crippen LogP contribution in [0.3, 0.4) is 0 Å². The Morgan fingerprint density at radius 3 is 2.94 bits per heavy atom. The van der Waals surface area contributed by atoms with Gasteiger partial charge in [-0.2, -0.15) is 0 Å². The second kappa shape index (κ2) is 6.16. The van der Waals surface area contributed by atoms with E-state index in [4.69, 9.17) is 5.73 Å². The molecule has 0 aromatic carbocycles. The third-order valence-electron chi connectivity index (χ3n) is 4.20. The Hall–Kier alpha value is -0.410. The van der Waals surface area contributed by atoms with Crippen LogP contribution in [0, 0.1) is 12.8 Å². The molecule has 1 heterocycles. The van der Waals surface area contributed by atoms with E-state index in [1.165, 1.54) is 50.0 Å². The summed E-state index contributed by atoms with van der Waals surface area (Å²) in [6.45, 7) is 4.35. The van der Waals surface area contributed by atoms with Gasteiger partial charge in [0.1, 0.15) is 0 Å². The minimum atomic E-state index is 0.00673. The highest BCUT2D eigenvalue weighted by molar-refractivity contribution is 7.09. The summed E-state index contributed by atoms with van der Waals surface area (Å²) < 4.78 is 0. The number of thiazole rings is 1. The zero-order chi connectivity index (χ0) is 13.0. The fourth-order valence-corrected chi connectivity index (χ4v) is 4.09. The van der Waals surface area contributed by atoms with Gasteiger partial charge in [0.25, 0.3) is 0 Å². The largest absolute Gasteiger partial charge is 0.325 e. The van der Waals surface area contributed by atoms with Gasteiger partial charge in [0, 0.05) is 23.0 Å². The van der Waals surface area contributed by atoms with Gasteiger partial charge in [-0.15, -0.1) is 11.3 Å². The maximum atomic E-state index is 6.63. The first kappa shape index (κ1) is 14.0. The zero-order valence-corrected chi connectivity index (χ0v) is 12.6.